The van der Waals surface area contributed by atoms with Crippen molar-refractivity contribution in [2.24, 2.45) is 80.3 Å². The highest BCUT2D eigenvalue weighted by molar-refractivity contribution is 5.90. The second-order valence-electron chi connectivity index (χ2n) is 27.9. The van der Waals surface area contributed by atoms with Gasteiger partial charge in [0.15, 0.2) is 0 Å². The zero-order valence-corrected chi connectivity index (χ0v) is 50.2. The molecule has 5 saturated carbocycles. The minimum Gasteiger partial charge on any atom is -0.393 e. The molecule has 0 aromatic carbocycles. The van der Waals surface area contributed by atoms with Crippen LogP contribution in [0, 0.1) is 80.3 Å². The number of nitrogens with one attached hydrogen (secondary N) is 2. The number of nitrogens with zero attached hydrogens (tertiary/aromatic N) is 3. The van der Waals surface area contributed by atoms with E-state index in [0.29, 0.717) is 42.7 Å². The van der Waals surface area contributed by atoms with Crippen molar-refractivity contribution < 1.29 is 33.8 Å². The standard InChI is InChI=1S/C62H109N5O7/c1-20-40(8)53(66(17)57(72)51(38(4)5)64-56(71)52(39(6)7)65(15)16)45(73-18)36-49(69)67-35-21-22-44(67)54(74-19)41(9)55(70)63-34-33-62-30-25-42(37(2)3)50(62)43-23-24-47-59(12)28-27-48(68)58(10,11)46(59)26-29-61(47,14)60(43,13)31-32-62/h38-48,50-54,68H,2,20-36H2,1,3-19H3,(H,63,70)(H,64,71)/t40-,41+,42-,43?,44?,45+,46?,47?,48-,50?,51?,52-,53-,54+,59-,60+,61+,62+/m0/s1. The monoisotopic (exact) mass is 1040 g/mol. The predicted molar refractivity (Wildman–Crippen MR) is 298 cm³/mol. The number of allylic oxidation sites excluding steroid dienone is 1. The lowest BCUT2D eigenvalue weighted by Gasteiger charge is -2.73. The van der Waals surface area contributed by atoms with E-state index in [0.717, 1.165) is 38.5 Å². The maximum absolute atomic E-state index is 14.6. The van der Waals surface area contributed by atoms with Gasteiger partial charge in [-0.15, -0.1) is 0 Å². The van der Waals surface area contributed by atoms with Crippen molar-refractivity contribution in [1.29, 1.82) is 0 Å². The number of aliphatic hydroxyl groups is 1. The maximum Gasteiger partial charge on any atom is 0.245 e. The molecule has 1 saturated heterocycles. The smallest absolute Gasteiger partial charge is 0.245 e. The summed E-state index contributed by atoms with van der Waals surface area (Å²) in [6.07, 6.45) is 13.9. The fourth-order valence-corrected chi connectivity index (χ4v) is 18.7. The summed E-state index contributed by atoms with van der Waals surface area (Å²) in [7, 11) is 8.82. The Bertz CT molecular complexity index is 1980. The number of likely N-dealkylation sites (tertiary alicyclic amines) is 1. The summed E-state index contributed by atoms with van der Waals surface area (Å²) in [4.78, 5) is 62.6. The molecular formula is C62H109N5O7. The van der Waals surface area contributed by atoms with Crippen molar-refractivity contribution in [3.05, 3.63) is 12.2 Å². The molecule has 0 aromatic heterocycles. The molecule has 0 radical (unpaired) electrons. The van der Waals surface area contributed by atoms with Crippen molar-refractivity contribution in [3.63, 3.8) is 0 Å². The van der Waals surface area contributed by atoms with E-state index in [4.69, 9.17) is 9.47 Å². The van der Waals surface area contributed by atoms with Gasteiger partial charge in [-0.2, -0.15) is 0 Å². The Kier molecular flexibility index (Phi) is 19.2. The van der Waals surface area contributed by atoms with Gasteiger partial charge in [0.1, 0.15) is 6.04 Å². The van der Waals surface area contributed by atoms with Gasteiger partial charge in [0, 0.05) is 34.4 Å². The Morgan fingerprint density at radius 3 is 2.05 bits per heavy atom. The summed E-state index contributed by atoms with van der Waals surface area (Å²) in [5.41, 5.74) is 2.17. The topological polar surface area (TPSA) is 141 Å². The molecule has 1 heterocycles. The molecule has 6 unspecified atom stereocenters. The van der Waals surface area contributed by atoms with Gasteiger partial charge in [-0.05, 0) is 179 Å². The average Bonchev–Trinajstić information content (AvgIpc) is 3.98. The van der Waals surface area contributed by atoms with E-state index in [1.165, 1.54) is 56.9 Å². The van der Waals surface area contributed by atoms with Crippen LogP contribution in [0.5, 0.6) is 0 Å². The second-order valence-corrected chi connectivity index (χ2v) is 27.9. The molecule has 18 atom stereocenters. The Balaban J connectivity index is 1.12. The molecule has 4 amide bonds. The Morgan fingerprint density at radius 2 is 1.47 bits per heavy atom. The lowest BCUT2D eigenvalue weighted by molar-refractivity contribution is -0.247. The van der Waals surface area contributed by atoms with Crippen LogP contribution in [-0.4, -0.2) is 134 Å². The molecule has 12 heteroatoms. The van der Waals surface area contributed by atoms with E-state index in [-0.39, 0.29) is 93.1 Å². The number of rotatable bonds is 21. The number of likely N-dealkylation sites (N-methyl/N-ethyl adjacent to an activating group) is 2. The average molecular weight is 1040 g/mol. The summed E-state index contributed by atoms with van der Waals surface area (Å²) in [5.74, 6) is 1.82. The molecular weight excluding hydrogens is 927 g/mol. The molecule has 6 fully saturated rings. The molecule has 0 spiro atoms. The Labute approximate surface area is 450 Å². The third-order valence-corrected chi connectivity index (χ3v) is 23.1. The lowest BCUT2D eigenvalue weighted by Crippen LogP contribution is -2.66. The fourth-order valence-electron chi connectivity index (χ4n) is 18.7. The van der Waals surface area contributed by atoms with Gasteiger partial charge < -0.3 is 35.0 Å². The quantitative estimate of drug-likeness (QED) is 0.0966. The number of amides is 4. The third-order valence-electron chi connectivity index (χ3n) is 23.1. The lowest BCUT2D eigenvalue weighted by atomic mass is 9.32. The van der Waals surface area contributed by atoms with Gasteiger partial charge >= 0.3 is 0 Å². The fraction of sp³-hybridized carbons (Fsp3) is 0.903. The predicted octanol–water partition coefficient (Wildman–Crippen LogP) is 10.2. The van der Waals surface area contributed by atoms with Gasteiger partial charge in [-0.3, -0.25) is 24.1 Å². The SMILES string of the molecule is C=C(C)[C@@H]1CC[C@]2(CCNC(=O)[C@H](C)[C@@H](OC)C3CCCN3C(=O)C[C@@H](OC)[C@H]([C@@H](C)CC)N(C)C(=O)C(NC(=O)[C@H](C(C)C)N(C)C)C(C)C)CC[C@]3(C)C(CCC4[C@@]5(C)CC[C@H](O)C(C)(C)C5CC[C@]43C)C12. The summed E-state index contributed by atoms with van der Waals surface area (Å²) < 4.78 is 12.4. The van der Waals surface area contributed by atoms with Gasteiger partial charge in [0.05, 0.1) is 48.8 Å². The third kappa shape index (κ3) is 10.8. The van der Waals surface area contributed by atoms with Crippen LogP contribution < -0.4 is 10.6 Å². The van der Waals surface area contributed by atoms with Gasteiger partial charge in [-0.1, -0.05) is 102 Å². The van der Waals surface area contributed by atoms with E-state index in [1.807, 2.05) is 58.5 Å². The molecule has 424 valence electrons. The van der Waals surface area contributed by atoms with Crippen molar-refractivity contribution >= 4 is 23.6 Å². The van der Waals surface area contributed by atoms with Crippen LogP contribution in [0.3, 0.4) is 0 Å². The van der Waals surface area contributed by atoms with Gasteiger partial charge in [0.25, 0.3) is 0 Å². The number of fused-ring (bicyclic) bond motifs is 7. The molecule has 74 heavy (non-hydrogen) atoms. The van der Waals surface area contributed by atoms with Crippen molar-refractivity contribution in [2.75, 3.05) is 48.5 Å². The largest absolute Gasteiger partial charge is 0.393 e. The highest BCUT2D eigenvalue weighted by Gasteiger charge is 2.70. The van der Waals surface area contributed by atoms with Crippen molar-refractivity contribution in [1.82, 2.24) is 25.3 Å². The van der Waals surface area contributed by atoms with Crippen molar-refractivity contribution in [2.45, 2.75) is 229 Å². The number of hydrogen-bond donors (Lipinski definition) is 3. The molecule has 1 aliphatic heterocycles. The van der Waals surface area contributed by atoms with Crippen LogP contribution in [-0.2, 0) is 28.7 Å². The molecule has 0 aromatic rings. The number of ether oxygens (including phenoxy) is 2. The van der Waals surface area contributed by atoms with Gasteiger partial charge in [-0.25, -0.2) is 0 Å². The minimum absolute atomic E-state index is 0.00309. The highest BCUT2D eigenvalue weighted by atomic mass is 16.5. The number of carbonyl (C=O) groups is 4. The zero-order valence-electron chi connectivity index (χ0n) is 50.2. The summed E-state index contributed by atoms with van der Waals surface area (Å²) in [6, 6.07) is -1.84. The summed E-state index contributed by atoms with van der Waals surface area (Å²) in [6.45, 7) is 34.8. The summed E-state index contributed by atoms with van der Waals surface area (Å²) in [5, 5.41) is 17.8. The maximum atomic E-state index is 14.6. The summed E-state index contributed by atoms with van der Waals surface area (Å²) >= 11 is 0. The normalized spacial score (nSPS) is 36.4. The Hall–Kier alpha value is -2.54. The number of methoxy groups -OCH3 is 2. The van der Waals surface area contributed by atoms with Crippen LogP contribution in [0.1, 0.15) is 186 Å². The van der Waals surface area contributed by atoms with Crippen molar-refractivity contribution in [3.8, 4) is 0 Å². The van der Waals surface area contributed by atoms with Gasteiger partial charge in [0.2, 0.25) is 23.6 Å². The first-order valence-electron chi connectivity index (χ1n) is 29.7. The van der Waals surface area contributed by atoms with Crippen LogP contribution in [0.15, 0.2) is 12.2 Å². The number of aliphatic hydroxyl groups excluding tert-OH is 1. The van der Waals surface area contributed by atoms with E-state index >= 15 is 0 Å². The van der Waals surface area contributed by atoms with E-state index < -0.39 is 30.2 Å². The van der Waals surface area contributed by atoms with E-state index in [9.17, 15) is 24.3 Å². The minimum atomic E-state index is -0.748. The van der Waals surface area contributed by atoms with Crippen LogP contribution >= 0.6 is 0 Å². The first kappa shape index (κ1) is 60.7. The van der Waals surface area contributed by atoms with E-state index in [2.05, 4.69) is 72.6 Å². The highest BCUT2D eigenvalue weighted by Crippen LogP contribution is 2.78. The first-order valence-corrected chi connectivity index (χ1v) is 29.7. The molecule has 5 aliphatic carbocycles. The molecule has 0 bridgehead atoms. The molecule has 6 aliphatic rings. The second kappa shape index (κ2) is 23.4. The molecule has 12 nitrogen and oxygen atoms in total. The molecule has 6 rings (SSSR count). The molecule has 3 N–H and O–H groups in total. The number of hydrogen-bond acceptors (Lipinski definition) is 8. The van der Waals surface area contributed by atoms with Crippen LogP contribution in [0.2, 0.25) is 0 Å². The van der Waals surface area contributed by atoms with Crippen LogP contribution in [0.25, 0.3) is 0 Å². The zero-order chi connectivity index (χ0) is 55.2. The van der Waals surface area contributed by atoms with Crippen LogP contribution in [0.4, 0.5) is 0 Å². The first-order chi connectivity index (χ1) is 34.5. The van der Waals surface area contributed by atoms with E-state index in [1.54, 1.807) is 26.2 Å². The number of carbonyl (C=O) groups excluding carboxylic acids is 4. The Morgan fingerprint density at radius 1 is 0.797 bits per heavy atom.